The minimum Gasteiger partial charge on any atom is -0.505 e. The third kappa shape index (κ3) is 7.79. The highest BCUT2D eigenvalue weighted by molar-refractivity contribution is 5.97. The van der Waals surface area contributed by atoms with E-state index in [4.69, 9.17) is 0 Å². The number of carbonyl (C=O) groups excluding carboxylic acids is 4. The number of nitrogens with one attached hydrogen (secondary N) is 4. The maximum Gasteiger partial charge on any atom is 0.326 e. The zero-order valence-electron chi connectivity index (χ0n) is 24.5. The minimum absolute atomic E-state index is 0.0803. The molecule has 43 heavy (non-hydrogen) atoms. The molecular formula is C30H39N7O6. The molecule has 5 N–H and O–H groups in total. The fourth-order valence-electron chi connectivity index (χ4n) is 5.05. The van der Waals surface area contributed by atoms with E-state index in [2.05, 4.69) is 25.9 Å². The van der Waals surface area contributed by atoms with Gasteiger partial charge in [-0.05, 0) is 55.5 Å². The van der Waals surface area contributed by atoms with Crippen LogP contribution in [0.2, 0.25) is 0 Å². The van der Waals surface area contributed by atoms with Crippen molar-refractivity contribution in [3.63, 3.8) is 0 Å². The van der Waals surface area contributed by atoms with Crippen LogP contribution in [0.3, 0.4) is 0 Å². The first-order chi connectivity index (χ1) is 20.7. The fraction of sp³-hybridized carbons (Fsp3) is 0.467. The number of nitrogens with zero attached hydrogens (tertiary/aromatic N) is 3. The number of pyridine rings is 1. The lowest BCUT2D eigenvalue weighted by Gasteiger charge is -2.25. The molecule has 1 aliphatic heterocycles. The van der Waals surface area contributed by atoms with E-state index >= 15 is 0 Å². The minimum atomic E-state index is -0.731. The van der Waals surface area contributed by atoms with Gasteiger partial charge in [-0.25, -0.2) is 9.78 Å². The normalized spacial score (nSPS) is 18.8. The van der Waals surface area contributed by atoms with Gasteiger partial charge in [0.05, 0.1) is 11.0 Å². The van der Waals surface area contributed by atoms with Gasteiger partial charge in [0.25, 0.3) is 11.8 Å². The number of fused-ring (bicyclic) bond motifs is 1. The van der Waals surface area contributed by atoms with E-state index in [9.17, 15) is 29.1 Å². The summed E-state index contributed by atoms with van der Waals surface area (Å²) in [6.45, 7) is 5.16. The molecule has 13 nitrogen and oxygen atoms in total. The lowest BCUT2D eigenvalue weighted by Crippen LogP contribution is -2.50. The number of benzene rings is 1. The monoisotopic (exact) mass is 593 g/mol. The number of aromatic hydroxyl groups is 1. The van der Waals surface area contributed by atoms with Crippen LogP contribution < -0.4 is 21.6 Å². The first kappa shape index (κ1) is 31.3. The van der Waals surface area contributed by atoms with Gasteiger partial charge in [-0.3, -0.25) is 23.7 Å². The van der Waals surface area contributed by atoms with Crippen molar-refractivity contribution in [1.82, 2.24) is 35.4 Å². The van der Waals surface area contributed by atoms with E-state index in [0.29, 0.717) is 55.4 Å². The van der Waals surface area contributed by atoms with Gasteiger partial charge in [0.15, 0.2) is 5.69 Å². The Kier molecular flexibility index (Phi) is 10.5. The van der Waals surface area contributed by atoms with Crippen molar-refractivity contribution < 1.29 is 24.3 Å². The Balaban J connectivity index is 1.57. The second-order valence-electron chi connectivity index (χ2n) is 10.8. The molecule has 0 saturated carbocycles. The van der Waals surface area contributed by atoms with Crippen LogP contribution in [0, 0.1) is 5.92 Å². The molecule has 4 amide bonds. The Labute approximate surface area is 249 Å². The Bertz CT molecular complexity index is 1530. The van der Waals surface area contributed by atoms with Crippen molar-refractivity contribution in [1.29, 1.82) is 0 Å². The molecule has 4 rings (SSSR count). The Morgan fingerprint density at radius 3 is 2.56 bits per heavy atom. The summed E-state index contributed by atoms with van der Waals surface area (Å²) in [4.78, 5) is 73.0. The van der Waals surface area contributed by atoms with Gasteiger partial charge in [0.1, 0.15) is 11.8 Å². The van der Waals surface area contributed by atoms with Crippen molar-refractivity contribution in [3.8, 4) is 5.75 Å². The number of hydrogen-bond donors (Lipinski definition) is 5. The molecule has 3 aromatic rings. The maximum absolute atomic E-state index is 13.3. The number of rotatable bonds is 3. The van der Waals surface area contributed by atoms with Crippen molar-refractivity contribution in [2.45, 2.75) is 58.5 Å². The van der Waals surface area contributed by atoms with Gasteiger partial charge in [0.2, 0.25) is 11.8 Å². The molecule has 13 heteroatoms. The summed E-state index contributed by atoms with van der Waals surface area (Å²) in [7, 11) is 0. The highest BCUT2D eigenvalue weighted by Crippen LogP contribution is 2.17. The van der Waals surface area contributed by atoms with Gasteiger partial charge >= 0.3 is 5.69 Å². The topological polar surface area (TPSA) is 179 Å². The van der Waals surface area contributed by atoms with E-state index in [0.717, 1.165) is 0 Å². The lowest BCUT2D eigenvalue weighted by molar-refractivity contribution is -0.130. The summed E-state index contributed by atoms with van der Waals surface area (Å²) in [5.41, 5.74) is 1.14. The van der Waals surface area contributed by atoms with Gasteiger partial charge in [-0.15, -0.1) is 0 Å². The maximum atomic E-state index is 13.3. The Hall–Kier alpha value is -4.68. The van der Waals surface area contributed by atoms with Crippen LogP contribution in [0.5, 0.6) is 5.75 Å². The summed E-state index contributed by atoms with van der Waals surface area (Å²) in [6.07, 6.45) is 3.36. The molecule has 0 fully saturated rings. The van der Waals surface area contributed by atoms with Crippen molar-refractivity contribution in [2.75, 3.05) is 26.2 Å². The van der Waals surface area contributed by atoms with Crippen molar-refractivity contribution in [2.24, 2.45) is 5.92 Å². The van der Waals surface area contributed by atoms with E-state index in [-0.39, 0.29) is 66.8 Å². The van der Waals surface area contributed by atoms with Crippen molar-refractivity contribution in [3.05, 3.63) is 58.3 Å². The predicted molar refractivity (Wildman–Crippen MR) is 160 cm³/mol. The van der Waals surface area contributed by atoms with Crippen LogP contribution in [0.15, 0.2) is 41.3 Å². The summed E-state index contributed by atoms with van der Waals surface area (Å²) in [5.74, 6) is -1.80. The van der Waals surface area contributed by atoms with Gasteiger partial charge in [0, 0.05) is 50.9 Å². The summed E-state index contributed by atoms with van der Waals surface area (Å²) in [5, 5.41) is 18.8. The highest BCUT2D eigenvalue weighted by Gasteiger charge is 2.26. The summed E-state index contributed by atoms with van der Waals surface area (Å²) in [6, 6.07) is 7.13. The second-order valence-corrected chi connectivity index (χ2v) is 10.8. The molecule has 2 atom stereocenters. The number of aromatic nitrogens is 3. The molecule has 0 aliphatic carbocycles. The number of aryl methyl sites for hydroxylation is 1. The molecule has 1 aliphatic rings. The first-order valence-corrected chi connectivity index (χ1v) is 14.7. The standard InChI is InChI=1S/C30H39N7O6/c1-3-19(2)25-28(41)33-14-7-17-37-22-18-20(10-11-21(22)34-30(37)43)27(40)32-13-6-16-36(15-5-9-24(39)35-25)29(42)26-23(38)8-4-12-31-26/h4,8,10-12,18-19,25,38H,3,5-7,9,13-17H2,1-2H3,(H,32,40)(H,33,41)(H,34,43)(H,35,39)/t19-,25-/m0/s1. The summed E-state index contributed by atoms with van der Waals surface area (Å²) >= 11 is 0. The van der Waals surface area contributed by atoms with E-state index in [1.807, 2.05) is 13.8 Å². The van der Waals surface area contributed by atoms with E-state index in [1.165, 1.54) is 27.8 Å². The molecular weight excluding hydrogens is 554 g/mol. The fourth-order valence-corrected chi connectivity index (χ4v) is 5.05. The molecule has 2 bridgehead atoms. The summed E-state index contributed by atoms with van der Waals surface area (Å²) < 4.78 is 1.53. The van der Waals surface area contributed by atoms with Crippen LogP contribution in [0.4, 0.5) is 0 Å². The van der Waals surface area contributed by atoms with Crippen LogP contribution >= 0.6 is 0 Å². The van der Waals surface area contributed by atoms with Crippen LogP contribution in [0.25, 0.3) is 11.0 Å². The number of H-pyrrole nitrogens is 1. The molecule has 230 valence electrons. The van der Waals surface area contributed by atoms with Crippen LogP contribution in [-0.4, -0.2) is 80.4 Å². The average Bonchev–Trinajstić information content (AvgIpc) is 3.31. The second kappa shape index (κ2) is 14.5. The zero-order valence-corrected chi connectivity index (χ0v) is 24.5. The molecule has 3 heterocycles. The molecule has 2 aromatic heterocycles. The van der Waals surface area contributed by atoms with Gasteiger partial charge < -0.3 is 30.9 Å². The third-order valence-corrected chi connectivity index (χ3v) is 7.71. The average molecular weight is 594 g/mol. The quantitative estimate of drug-likeness (QED) is 0.306. The number of hydrogen-bond acceptors (Lipinski definition) is 7. The van der Waals surface area contributed by atoms with Gasteiger partial charge in [-0.2, -0.15) is 0 Å². The lowest BCUT2D eigenvalue weighted by atomic mass is 9.98. The SMILES string of the molecule is CC[C@H](C)[C@@H]1NC(=O)CCCN(C(=O)c2ncccc2O)CCCNC(=O)c2ccc3[nH]c(=O)n(c3c2)CCCNC1=O. The first-order valence-electron chi connectivity index (χ1n) is 14.7. The molecule has 1 aromatic carbocycles. The van der Waals surface area contributed by atoms with Gasteiger partial charge in [-0.1, -0.05) is 20.3 Å². The number of imidazole rings is 1. The molecule has 0 radical (unpaired) electrons. The zero-order chi connectivity index (χ0) is 30.9. The highest BCUT2D eigenvalue weighted by atomic mass is 16.3. The van der Waals surface area contributed by atoms with E-state index < -0.39 is 11.9 Å². The predicted octanol–water partition coefficient (Wildman–Crippen LogP) is 1.52. The Morgan fingerprint density at radius 2 is 1.79 bits per heavy atom. The van der Waals surface area contributed by atoms with Crippen molar-refractivity contribution >= 4 is 34.7 Å². The third-order valence-electron chi connectivity index (χ3n) is 7.71. The molecule has 0 saturated heterocycles. The number of carbonyl (C=O) groups is 4. The van der Waals surface area contributed by atoms with E-state index in [1.54, 1.807) is 18.2 Å². The number of aromatic amines is 1. The number of amides is 4. The largest absolute Gasteiger partial charge is 0.505 e. The Morgan fingerprint density at radius 1 is 1.05 bits per heavy atom. The van der Waals surface area contributed by atoms with Crippen LogP contribution in [-0.2, 0) is 16.1 Å². The molecule has 0 spiro atoms. The molecule has 0 unspecified atom stereocenters. The van der Waals surface area contributed by atoms with Crippen LogP contribution in [0.1, 0.15) is 66.8 Å². The smallest absolute Gasteiger partial charge is 0.326 e.